The molecular formula is C10H12N4S. The van der Waals surface area contributed by atoms with E-state index in [2.05, 4.69) is 15.1 Å². The molecule has 2 rings (SSSR count). The molecule has 0 atom stereocenters. The van der Waals surface area contributed by atoms with Crippen LogP contribution in [0.1, 0.15) is 17.1 Å². The molecule has 2 heterocycles. The van der Waals surface area contributed by atoms with Crippen molar-refractivity contribution in [2.75, 3.05) is 0 Å². The molecule has 0 amide bonds. The molecule has 0 fully saturated rings. The predicted octanol–water partition coefficient (Wildman–Crippen LogP) is 2.25. The van der Waals surface area contributed by atoms with Crippen LogP contribution in [-0.2, 0) is 0 Å². The maximum atomic E-state index is 5.03. The second-order valence-corrected chi connectivity index (χ2v) is 3.95. The number of H-pyrrole nitrogens is 1. The average Bonchev–Trinajstić information content (AvgIpc) is 2.43. The largest absolute Gasteiger partial charge is 0.335 e. The molecule has 0 radical (unpaired) electrons. The Morgan fingerprint density at radius 1 is 1.27 bits per heavy atom. The zero-order valence-electron chi connectivity index (χ0n) is 8.90. The number of aromatic amines is 1. The first-order valence-corrected chi connectivity index (χ1v) is 5.09. The topological polar surface area (TPSA) is 46.5 Å². The van der Waals surface area contributed by atoms with Crippen LogP contribution in [0.4, 0.5) is 0 Å². The van der Waals surface area contributed by atoms with Gasteiger partial charge in [0.05, 0.1) is 5.69 Å². The fraction of sp³-hybridized carbons (Fsp3) is 0.300. The Kier molecular flexibility index (Phi) is 2.40. The molecule has 4 nitrogen and oxygen atoms in total. The number of aryl methyl sites for hydroxylation is 3. The molecule has 5 heteroatoms. The molecule has 2 aromatic heterocycles. The van der Waals surface area contributed by atoms with Crippen LogP contribution < -0.4 is 0 Å². The summed E-state index contributed by atoms with van der Waals surface area (Å²) in [6.45, 7) is 5.91. The number of hydrogen-bond donors (Lipinski definition) is 1. The van der Waals surface area contributed by atoms with Crippen LogP contribution in [-0.4, -0.2) is 19.7 Å². The number of nitrogens with one attached hydrogen (secondary N) is 1. The Labute approximate surface area is 93.0 Å². The summed E-state index contributed by atoms with van der Waals surface area (Å²) in [5, 5.41) is 4.36. The van der Waals surface area contributed by atoms with Gasteiger partial charge >= 0.3 is 0 Å². The fourth-order valence-electron chi connectivity index (χ4n) is 1.53. The highest BCUT2D eigenvalue weighted by atomic mass is 32.1. The Morgan fingerprint density at radius 2 is 2.00 bits per heavy atom. The van der Waals surface area contributed by atoms with Crippen LogP contribution in [0, 0.1) is 25.5 Å². The van der Waals surface area contributed by atoms with Gasteiger partial charge in [0, 0.05) is 17.5 Å². The summed E-state index contributed by atoms with van der Waals surface area (Å²) in [7, 11) is 0. The smallest absolute Gasteiger partial charge is 0.199 e. The van der Waals surface area contributed by atoms with E-state index in [0.717, 1.165) is 22.9 Å². The molecule has 15 heavy (non-hydrogen) atoms. The number of aromatic nitrogens is 4. The third-order valence-corrected chi connectivity index (χ3v) is 2.29. The Balaban J connectivity index is 2.63. The molecule has 1 N–H and O–H groups in total. The lowest BCUT2D eigenvalue weighted by Crippen LogP contribution is -2.03. The quantitative estimate of drug-likeness (QED) is 0.750. The van der Waals surface area contributed by atoms with Crippen molar-refractivity contribution in [3.8, 4) is 5.82 Å². The molecular weight excluding hydrogens is 208 g/mol. The van der Waals surface area contributed by atoms with E-state index in [9.17, 15) is 0 Å². The van der Waals surface area contributed by atoms with Gasteiger partial charge in [0.2, 0.25) is 0 Å². The van der Waals surface area contributed by atoms with E-state index in [4.69, 9.17) is 12.2 Å². The van der Waals surface area contributed by atoms with E-state index in [0.29, 0.717) is 4.77 Å². The first-order valence-electron chi connectivity index (χ1n) is 4.68. The molecule has 0 aliphatic heterocycles. The number of hydrogen-bond acceptors (Lipinski definition) is 3. The first-order chi connectivity index (χ1) is 7.06. The Hall–Kier alpha value is -1.49. The van der Waals surface area contributed by atoms with Crippen molar-refractivity contribution in [3.63, 3.8) is 0 Å². The van der Waals surface area contributed by atoms with Gasteiger partial charge in [0.15, 0.2) is 10.6 Å². The van der Waals surface area contributed by atoms with Crippen LogP contribution in [0.5, 0.6) is 0 Å². The highest BCUT2D eigenvalue weighted by Crippen LogP contribution is 2.09. The highest BCUT2D eigenvalue weighted by Gasteiger charge is 2.05. The minimum atomic E-state index is 0.484. The molecule has 0 spiro atoms. The van der Waals surface area contributed by atoms with Gasteiger partial charge in [-0.3, -0.25) is 0 Å². The van der Waals surface area contributed by atoms with Crippen molar-refractivity contribution >= 4 is 12.2 Å². The molecule has 78 valence electrons. The van der Waals surface area contributed by atoms with Gasteiger partial charge in [-0.05, 0) is 39.1 Å². The Morgan fingerprint density at radius 3 is 2.53 bits per heavy atom. The Bertz CT molecular complexity index is 553. The SMILES string of the molecule is Cc1cc(C)n(-c2cc(C)[nH]c(=S)n2)n1. The van der Waals surface area contributed by atoms with Gasteiger partial charge in [0.25, 0.3) is 0 Å². The van der Waals surface area contributed by atoms with E-state index in [-0.39, 0.29) is 0 Å². The van der Waals surface area contributed by atoms with Crippen LogP contribution in [0.25, 0.3) is 5.82 Å². The molecule has 0 saturated carbocycles. The first kappa shape index (κ1) is 10.0. The number of rotatable bonds is 1. The fourth-order valence-corrected chi connectivity index (χ4v) is 1.79. The second-order valence-electron chi connectivity index (χ2n) is 3.57. The number of nitrogens with zero attached hydrogens (tertiary/aromatic N) is 3. The third kappa shape index (κ3) is 1.97. The maximum Gasteiger partial charge on any atom is 0.199 e. The summed E-state index contributed by atoms with van der Waals surface area (Å²) >= 11 is 5.03. The maximum absolute atomic E-state index is 5.03. The van der Waals surface area contributed by atoms with Gasteiger partial charge in [-0.25, -0.2) is 9.67 Å². The monoisotopic (exact) mass is 220 g/mol. The van der Waals surface area contributed by atoms with Crippen molar-refractivity contribution in [1.82, 2.24) is 19.7 Å². The van der Waals surface area contributed by atoms with Gasteiger partial charge in [0.1, 0.15) is 0 Å². The van der Waals surface area contributed by atoms with E-state index in [1.807, 2.05) is 32.9 Å². The summed E-state index contributed by atoms with van der Waals surface area (Å²) < 4.78 is 2.28. The summed E-state index contributed by atoms with van der Waals surface area (Å²) in [6.07, 6.45) is 0. The normalized spacial score (nSPS) is 10.6. The summed E-state index contributed by atoms with van der Waals surface area (Å²) in [5.41, 5.74) is 3.02. The molecule has 0 bridgehead atoms. The molecule has 0 aliphatic carbocycles. The van der Waals surface area contributed by atoms with Crippen LogP contribution in [0.3, 0.4) is 0 Å². The van der Waals surface area contributed by atoms with Gasteiger partial charge < -0.3 is 4.98 Å². The summed E-state index contributed by atoms with van der Waals surface area (Å²) in [6, 6.07) is 3.94. The van der Waals surface area contributed by atoms with Gasteiger partial charge in [-0.15, -0.1) is 0 Å². The van der Waals surface area contributed by atoms with Crippen molar-refractivity contribution in [2.24, 2.45) is 0 Å². The van der Waals surface area contributed by atoms with E-state index in [1.54, 1.807) is 4.68 Å². The zero-order valence-corrected chi connectivity index (χ0v) is 9.72. The molecule has 2 aromatic rings. The van der Waals surface area contributed by atoms with Crippen LogP contribution >= 0.6 is 12.2 Å². The van der Waals surface area contributed by atoms with E-state index in [1.165, 1.54) is 0 Å². The lowest BCUT2D eigenvalue weighted by molar-refractivity contribution is 0.794. The van der Waals surface area contributed by atoms with Crippen molar-refractivity contribution in [1.29, 1.82) is 0 Å². The lowest BCUT2D eigenvalue weighted by atomic mass is 10.4. The molecule has 0 aliphatic rings. The molecule has 0 aromatic carbocycles. The van der Waals surface area contributed by atoms with E-state index >= 15 is 0 Å². The van der Waals surface area contributed by atoms with Gasteiger partial charge in [-0.2, -0.15) is 5.10 Å². The minimum Gasteiger partial charge on any atom is -0.335 e. The van der Waals surface area contributed by atoms with E-state index < -0.39 is 0 Å². The highest BCUT2D eigenvalue weighted by molar-refractivity contribution is 7.71. The second kappa shape index (κ2) is 3.58. The predicted molar refractivity (Wildman–Crippen MR) is 60.8 cm³/mol. The van der Waals surface area contributed by atoms with Crippen molar-refractivity contribution in [2.45, 2.75) is 20.8 Å². The third-order valence-electron chi connectivity index (χ3n) is 2.09. The average molecular weight is 220 g/mol. The standard InChI is InChI=1S/C10H12N4S/c1-6-5-9(12-10(15)11-6)14-8(3)4-7(2)13-14/h4-5H,1-3H3,(H,11,12,15). The van der Waals surface area contributed by atoms with Crippen LogP contribution in [0.2, 0.25) is 0 Å². The molecule has 0 saturated heterocycles. The summed E-state index contributed by atoms with van der Waals surface area (Å²) in [4.78, 5) is 7.21. The van der Waals surface area contributed by atoms with Crippen molar-refractivity contribution < 1.29 is 0 Å². The lowest BCUT2D eigenvalue weighted by Gasteiger charge is -2.03. The minimum absolute atomic E-state index is 0.484. The van der Waals surface area contributed by atoms with Gasteiger partial charge in [-0.1, -0.05) is 0 Å². The van der Waals surface area contributed by atoms with Crippen molar-refractivity contribution in [3.05, 3.63) is 34.0 Å². The summed E-state index contributed by atoms with van der Waals surface area (Å²) in [5.74, 6) is 0.766. The zero-order chi connectivity index (χ0) is 11.0. The van der Waals surface area contributed by atoms with Crippen LogP contribution in [0.15, 0.2) is 12.1 Å². The molecule has 0 unspecified atom stereocenters.